The van der Waals surface area contributed by atoms with Crippen LogP contribution in [-0.2, 0) is 9.53 Å². The van der Waals surface area contributed by atoms with Gasteiger partial charge in [0.05, 0.1) is 25.4 Å². The summed E-state index contributed by atoms with van der Waals surface area (Å²) in [7, 11) is 0. The topological polar surface area (TPSA) is 98.2 Å². The molecule has 1 heterocycles. The first-order valence-corrected chi connectivity index (χ1v) is 9.16. The average molecular weight is 485 g/mol. The minimum atomic E-state index is -0.897. The second kappa shape index (κ2) is 13.5. The molecule has 1 rings (SSSR count). The Balaban J connectivity index is 0.00000625. The molecule has 4 N–H and O–H groups in total. The number of halogens is 1. The van der Waals surface area contributed by atoms with E-state index in [2.05, 4.69) is 25.8 Å². The summed E-state index contributed by atoms with van der Waals surface area (Å²) in [6.07, 6.45) is 0. The van der Waals surface area contributed by atoms with Gasteiger partial charge in [-0.15, -0.1) is 24.0 Å². The fourth-order valence-corrected chi connectivity index (χ4v) is 2.45. The SMILES string of the molecule is CCNC(=NCC(C)(O)CN1CCOCC1)NCCNC(=O)C(C)C.I. The van der Waals surface area contributed by atoms with Crippen molar-refractivity contribution in [1.29, 1.82) is 0 Å². The maximum absolute atomic E-state index is 11.5. The summed E-state index contributed by atoms with van der Waals surface area (Å²) < 4.78 is 5.33. The number of aliphatic hydroxyl groups is 1. The van der Waals surface area contributed by atoms with Gasteiger partial charge in [-0.05, 0) is 13.8 Å². The number of hydrogen-bond acceptors (Lipinski definition) is 5. The molecule has 8 nitrogen and oxygen atoms in total. The maximum atomic E-state index is 11.5. The Labute approximate surface area is 174 Å². The first-order valence-electron chi connectivity index (χ1n) is 9.16. The molecule has 154 valence electrons. The summed E-state index contributed by atoms with van der Waals surface area (Å²) in [6, 6.07) is 0. The van der Waals surface area contributed by atoms with Gasteiger partial charge in [0, 0.05) is 45.2 Å². The predicted molar refractivity (Wildman–Crippen MR) is 115 cm³/mol. The quantitative estimate of drug-likeness (QED) is 0.159. The van der Waals surface area contributed by atoms with Gasteiger partial charge in [-0.25, -0.2) is 0 Å². The summed E-state index contributed by atoms with van der Waals surface area (Å²) in [4.78, 5) is 18.2. The van der Waals surface area contributed by atoms with E-state index in [0.717, 1.165) is 19.6 Å². The largest absolute Gasteiger partial charge is 0.387 e. The van der Waals surface area contributed by atoms with Crippen molar-refractivity contribution >= 4 is 35.8 Å². The fraction of sp³-hybridized carbons (Fsp3) is 0.882. The molecule has 1 aliphatic rings. The normalized spacial score (nSPS) is 18.0. The van der Waals surface area contributed by atoms with Crippen LogP contribution in [0, 0.1) is 5.92 Å². The van der Waals surface area contributed by atoms with Crippen LogP contribution in [0.15, 0.2) is 4.99 Å². The molecular weight excluding hydrogens is 449 g/mol. The van der Waals surface area contributed by atoms with Crippen molar-refractivity contribution < 1.29 is 14.6 Å². The monoisotopic (exact) mass is 485 g/mol. The smallest absolute Gasteiger partial charge is 0.222 e. The Morgan fingerprint density at radius 3 is 2.42 bits per heavy atom. The Hall–Kier alpha value is -0.650. The Bertz CT molecular complexity index is 427. The molecule has 1 aliphatic heterocycles. The lowest BCUT2D eigenvalue weighted by Gasteiger charge is -2.33. The Kier molecular flexibility index (Phi) is 13.2. The first kappa shape index (κ1) is 25.4. The molecular formula is C17H36IN5O3. The first-order chi connectivity index (χ1) is 11.8. The zero-order chi connectivity index (χ0) is 18.7. The molecule has 0 aromatic carbocycles. The lowest BCUT2D eigenvalue weighted by molar-refractivity contribution is -0.123. The van der Waals surface area contributed by atoms with Crippen LogP contribution in [-0.4, -0.2) is 86.5 Å². The molecule has 26 heavy (non-hydrogen) atoms. The van der Waals surface area contributed by atoms with Gasteiger partial charge < -0.3 is 25.8 Å². The lowest BCUT2D eigenvalue weighted by Crippen LogP contribution is -2.48. The summed E-state index contributed by atoms with van der Waals surface area (Å²) in [6.45, 7) is 13.4. The fourth-order valence-electron chi connectivity index (χ4n) is 2.45. The maximum Gasteiger partial charge on any atom is 0.222 e. The number of hydrogen-bond donors (Lipinski definition) is 4. The molecule has 0 aromatic rings. The van der Waals surface area contributed by atoms with Gasteiger partial charge in [-0.2, -0.15) is 0 Å². The van der Waals surface area contributed by atoms with E-state index in [1.807, 2.05) is 20.8 Å². The van der Waals surface area contributed by atoms with Gasteiger partial charge in [-0.1, -0.05) is 13.8 Å². The van der Waals surface area contributed by atoms with E-state index in [-0.39, 0.29) is 35.8 Å². The molecule has 0 spiro atoms. The summed E-state index contributed by atoms with van der Waals surface area (Å²) in [5.41, 5.74) is -0.897. The zero-order valence-electron chi connectivity index (χ0n) is 16.5. The van der Waals surface area contributed by atoms with E-state index in [0.29, 0.717) is 45.4 Å². The third kappa shape index (κ3) is 11.1. The van der Waals surface area contributed by atoms with Crippen LogP contribution in [0.1, 0.15) is 27.7 Å². The van der Waals surface area contributed by atoms with Gasteiger partial charge in [-0.3, -0.25) is 14.7 Å². The predicted octanol–water partition coefficient (Wildman–Crippen LogP) is 0.0149. The van der Waals surface area contributed by atoms with E-state index >= 15 is 0 Å². The molecule has 1 atom stereocenters. The highest BCUT2D eigenvalue weighted by molar-refractivity contribution is 14.0. The summed E-state index contributed by atoms with van der Waals surface area (Å²) in [5.74, 6) is 0.665. The van der Waals surface area contributed by atoms with Crippen LogP contribution in [0.5, 0.6) is 0 Å². The van der Waals surface area contributed by atoms with Crippen molar-refractivity contribution in [1.82, 2.24) is 20.9 Å². The van der Waals surface area contributed by atoms with Crippen molar-refractivity contribution in [2.75, 3.05) is 59.0 Å². The van der Waals surface area contributed by atoms with Gasteiger partial charge in [0.1, 0.15) is 0 Å². The molecule has 0 bridgehead atoms. The molecule has 0 saturated carbocycles. The Morgan fingerprint density at radius 2 is 1.85 bits per heavy atom. The van der Waals surface area contributed by atoms with Crippen LogP contribution < -0.4 is 16.0 Å². The van der Waals surface area contributed by atoms with Crippen LogP contribution in [0.3, 0.4) is 0 Å². The van der Waals surface area contributed by atoms with E-state index in [9.17, 15) is 9.90 Å². The number of guanidine groups is 1. The molecule has 0 aliphatic carbocycles. The second-order valence-electron chi connectivity index (χ2n) is 6.95. The van der Waals surface area contributed by atoms with Crippen LogP contribution in [0.25, 0.3) is 0 Å². The second-order valence-corrected chi connectivity index (χ2v) is 6.95. The summed E-state index contributed by atoms with van der Waals surface area (Å²) in [5, 5.41) is 19.8. The highest BCUT2D eigenvalue weighted by Gasteiger charge is 2.25. The minimum absolute atomic E-state index is 0. The number of ether oxygens (including phenoxy) is 1. The molecule has 1 saturated heterocycles. The van der Waals surface area contributed by atoms with Crippen molar-refractivity contribution in [2.24, 2.45) is 10.9 Å². The van der Waals surface area contributed by atoms with Crippen molar-refractivity contribution in [3.63, 3.8) is 0 Å². The third-order valence-electron chi connectivity index (χ3n) is 3.83. The number of carbonyl (C=O) groups excluding carboxylic acids is 1. The lowest BCUT2D eigenvalue weighted by atomic mass is 10.1. The van der Waals surface area contributed by atoms with Crippen LogP contribution in [0.4, 0.5) is 0 Å². The molecule has 9 heteroatoms. The number of β-amino-alcohol motifs (C(OH)–C–C–N with tert-alkyl or cyclic N) is 1. The number of carbonyl (C=O) groups is 1. The number of rotatable bonds is 9. The molecule has 0 radical (unpaired) electrons. The van der Waals surface area contributed by atoms with Gasteiger partial charge >= 0.3 is 0 Å². The van der Waals surface area contributed by atoms with E-state index in [1.54, 1.807) is 6.92 Å². The number of nitrogens with zero attached hydrogens (tertiary/aromatic N) is 2. The van der Waals surface area contributed by atoms with Crippen molar-refractivity contribution in [3.05, 3.63) is 0 Å². The Morgan fingerprint density at radius 1 is 1.23 bits per heavy atom. The van der Waals surface area contributed by atoms with E-state index in [4.69, 9.17) is 4.74 Å². The number of amides is 1. The number of nitrogens with one attached hydrogen (secondary N) is 3. The molecule has 1 fully saturated rings. The number of morpholine rings is 1. The van der Waals surface area contributed by atoms with Gasteiger partial charge in [0.2, 0.25) is 5.91 Å². The van der Waals surface area contributed by atoms with E-state index in [1.165, 1.54) is 0 Å². The highest BCUT2D eigenvalue weighted by atomic mass is 127. The average Bonchev–Trinajstić information content (AvgIpc) is 2.56. The standard InChI is InChI=1S/C17H35N5O3.HI/c1-5-18-16(20-7-6-19-15(23)14(2)3)21-12-17(4,24)13-22-8-10-25-11-9-22;/h14,24H,5-13H2,1-4H3,(H,19,23)(H2,18,20,21);1H. The highest BCUT2D eigenvalue weighted by Crippen LogP contribution is 2.09. The number of aliphatic imine (C=N–C) groups is 1. The van der Waals surface area contributed by atoms with E-state index < -0.39 is 5.60 Å². The van der Waals surface area contributed by atoms with Gasteiger partial charge in [0.25, 0.3) is 0 Å². The summed E-state index contributed by atoms with van der Waals surface area (Å²) >= 11 is 0. The molecule has 1 amide bonds. The van der Waals surface area contributed by atoms with Crippen molar-refractivity contribution in [3.8, 4) is 0 Å². The molecule has 1 unspecified atom stereocenters. The molecule has 0 aromatic heterocycles. The third-order valence-corrected chi connectivity index (χ3v) is 3.83. The zero-order valence-corrected chi connectivity index (χ0v) is 18.8. The van der Waals surface area contributed by atoms with Crippen molar-refractivity contribution in [2.45, 2.75) is 33.3 Å². The minimum Gasteiger partial charge on any atom is -0.387 e. The van der Waals surface area contributed by atoms with Crippen LogP contribution >= 0.6 is 24.0 Å². The van der Waals surface area contributed by atoms with Gasteiger partial charge in [0.15, 0.2) is 5.96 Å². The van der Waals surface area contributed by atoms with Crippen LogP contribution in [0.2, 0.25) is 0 Å².